The zero-order valence-electron chi connectivity index (χ0n) is 5.50. The van der Waals surface area contributed by atoms with Gasteiger partial charge in [0, 0.05) is 0 Å². The SMILES string of the molecule is CCC[C@@H](CO)C(=O)O. The van der Waals surface area contributed by atoms with E-state index in [1.807, 2.05) is 6.92 Å². The number of rotatable bonds is 4. The third-order valence-corrected chi connectivity index (χ3v) is 1.21. The molecule has 9 heavy (non-hydrogen) atoms. The van der Waals surface area contributed by atoms with Crippen molar-refractivity contribution in [2.75, 3.05) is 6.61 Å². The molecule has 0 aliphatic rings. The molecule has 0 amide bonds. The lowest BCUT2D eigenvalue weighted by atomic mass is 10.1. The van der Waals surface area contributed by atoms with Crippen LogP contribution in [-0.2, 0) is 4.79 Å². The lowest BCUT2D eigenvalue weighted by Crippen LogP contribution is -2.16. The molecule has 0 bridgehead atoms. The highest BCUT2D eigenvalue weighted by Gasteiger charge is 2.13. The number of aliphatic hydroxyl groups excluding tert-OH is 1. The first kappa shape index (κ1) is 8.43. The summed E-state index contributed by atoms with van der Waals surface area (Å²) in [4.78, 5) is 10.2. The maximum absolute atomic E-state index is 10.2. The van der Waals surface area contributed by atoms with Gasteiger partial charge in [0.05, 0.1) is 12.5 Å². The van der Waals surface area contributed by atoms with Crippen molar-refractivity contribution in [3.63, 3.8) is 0 Å². The fourth-order valence-electron chi connectivity index (χ4n) is 0.641. The molecule has 0 aromatic carbocycles. The first-order valence-corrected chi connectivity index (χ1v) is 3.06. The Morgan fingerprint density at radius 1 is 1.67 bits per heavy atom. The van der Waals surface area contributed by atoms with Gasteiger partial charge >= 0.3 is 5.97 Å². The minimum absolute atomic E-state index is 0.247. The fourth-order valence-corrected chi connectivity index (χ4v) is 0.641. The summed E-state index contributed by atoms with van der Waals surface area (Å²) in [6, 6.07) is 0. The number of carboxylic acid groups (broad SMARTS) is 1. The molecule has 0 saturated heterocycles. The molecule has 0 aromatic heterocycles. The number of aliphatic carboxylic acids is 1. The number of carbonyl (C=O) groups is 1. The highest BCUT2D eigenvalue weighted by Crippen LogP contribution is 2.03. The smallest absolute Gasteiger partial charge is 0.308 e. The zero-order valence-corrected chi connectivity index (χ0v) is 5.50. The predicted octanol–water partition coefficient (Wildman–Crippen LogP) is 0.480. The predicted molar refractivity (Wildman–Crippen MR) is 33.1 cm³/mol. The molecule has 2 N–H and O–H groups in total. The molecule has 0 spiro atoms. The summed E-state index contributed by atoms with van der Waals surface area (Å²) >= 11 is 0. The highest BCUT2D eigenvalue weighted by atomic mass is 16.4. The molecule has 1 atom stereocenters. The molecule has 0 heterocycles. The topological polar surface area (TPSA) is 57.5 Å². The van der Waals surface area contributed by atoms with Gasteiger partial charge in [-0.1, -0.05) is 13.3 Å². The van der Waals surface area contributed by atoms with Crippen LogP contribution in [0.15, 0.2) is 0 Å². The van der Waals surface area contributed by atoms with Crippen molar-refractivity contribution in [1.82, 2.24) is 0 Å². The second-order valence-corrected chi connectivity index (χ2v) is 2.01. The minimum atomic E-state index is -0.903. The van der Waals surface area contributed by atoms with Crippen LogP contribution in [0.4, 0.5) is 0 Å². The van der Waals surface area contributed by atoms with Gasteiger partial charge in [-0.15, -0.1) is 0 Å². The lowest BCUT2D eigenvalue weighted by molar-refractivity contribution is -0.143. The summed E-state index contributed by atoms with van der Waals surface area (Å²) in [7, 11) is 0. The maximum Gasteiger partial charge on any atom is 0.308 e. The van der Waals surface area contributed by atoms with Gasteiger partial charge in [-0.05, 0) is 6.42 Å². The number of hydrogen-bond acceptors (Lipinski definition) is 2. The van der Waals surface area contributed by atoms with Crippen LogP contribution in [0.5, 0.6) is 0 Å². The molecule has 0 rings (SSSR count). The standard InChI is InChI=1S/C6H12O3/c1-2-3-5(4-7)6(8)9/h5,7H,2-4H2,1H3,(H,8,9)/t5-/m0/s1. The van der Waals surface area contributed by atoms with E-state index in [1.165, 1.54) is 0 Å². The molecule has 3 heteroatoms. The van der Waals surface area contributed by atoms with Crippen molar-refractivity contribution in [2.24, 2.45) is 5.92 Å². The van der Waals surface area contributed by atoms with Gasteiger partial charge in [-0.25, -0.2) is 0 Å². The molecule has 0 fully saturated rings. The largest absolute Gasteiger partial charge is 0.481 e. The van der Waals surface area contributed by atoms with Crippen LogP contribution in [-0.4, -0.2) is 22.8 Å². The molecule has 0 aromatic rings. The van der Waals surface area contributed by atoms with E-state index in [0.29, 0.717) is 6.42 Å². The van der Waals surface area contributed by atoms with Crippen molar-refractivity contribution in [1.29, 1.82) is 0 Å². The van der Waals surface area contributed by atoms with E-state index in [-0.39, 0.29) is 6.61 Å². The molecule has 54 valence electrons. The summed E-state index contributed by atoms with van der Waals surface area (Å²) in [5, 5.41) is 16.8. The van der Waals surface area contributed by atoms with Gasteiger partial charge in [-0.2, -0.15) is 0 Å². The van der Waals surface area contributed by atoms with E-state index in [9.17, 15) is 4.79 Å². The van der Waals surface area contributed by atoms with Gasteiger partial charge in [-0.3, -0.25) is 4.79 Å². The highest BCUT2D eigenvalue weighted by molar-refractivity contribution is 5.69. The molecule has 0 radical (unpaired) electrons. The molecule has 3 nitrogen and oxygen atoms in total. The van der Waals surface area contributed by atoms with Crippen LogP contribution < -0.4 is 0 Å². The van der Waals surface area contributed by atoms with E-state index < -0.39 is 11.9 Å². The quantitative estimate of drug-likeness (QED) is 0.585. The Bertz CT molecular complexity index is 90.3. The number of aliphatic hydroxyl groups is 1. The summed E-state index contributed by atoms with van der Waals surface area (Å²) in [5.74, 6) is -1.46. The van der Waals surface area contributed by atoms with Crippen LogP contribution in [0.25, 0.3) is 0 Å². The van der Waals surface area contributed by atoms with E-state index in [2.05, 4.69) is 0 Å². The first-order valence-electron chi connectivity index (χ1n) is 3.06. The zero-order chi connectivity index (χ0) is 7.28. The molecular weight excluding hydrogens is 120 g/mol. The molecule has 0 unspecified atom stereocenters. The second kappa shape index (κ2) is 4.32. The van der Waals surface area contributed by atoms with Crippen LogP contribution in [0, 0.1) is 5.92 Å². The maximum atomic E-state index is 10.2. The van der Waals surface area contributed by atoms with Crippen molar-refractivity contribution in [2.45, 2.75) is 19.8 Å². The Labute approximate surface area is 54.3 Å². The summed E-state index contributed by atoms with van der Waals surface area (Å²) < 4.78 is 0. The van der Waals surface area contributed by atoms with Crippen LogP contribution >= 0.6 is 0 Å². The van der Waals surface area contributed by atoms with Crippen molar-refractivity contribution >= 4 is 5.97 Å². The van der Waals surface area contributed by atoms with Crippen LogP contribution in [0.3, 0.4) is 0 Å². The lowest BCUT2D eigenvalue weighted by Gasteiger charge is -2.04. The Hall–Kier alpha value is -0.570. The van der Waals surface area contributed by atoms with E-state index in [1.54, 1.807) is 0 Å². The van der Waals surface area contributed by atoms with Gasteiger partial charge in [0.2, 0.25) is 0 Å². The molecule has 0 aliphatic heterocycles. The minimum Gasteiger partial charge on any atom is -0.481 e. The Morgan fingerprint density at radius 3 is 2.33 bits per heavy atom. The van der Waals surface area contributed by atoms with Crippen molar-refractivity contribution < 1.29 is 15.0 Å². The second-order valence-electron chi connectivity index (χ2n) is 2.01. The van der Waals surface area contributed by atoms with Gasteiger partial charge in [0.25, 0.3) is 0 Å². The molecule has 0 saturated carbocycles. The van der Waals surface area contributed by atoms with E-state index >= 15 is 0 Å². The summed E-state index contributed by atoms with van der Waals surface area (Å²) in [6.07, 6.45) is 1.36. The monoisotopic (exact) mass is 132 g/mol. The van der Waals surface area contributed by atoms with Gasteiger partial charge < -0.3 is 10.2 Å². The van der Waals surface area contributed by atoms with Crippen molar-refractivity contribution in [3.05, 3.63) is 0 Å². The first-order chi connectivity index (χ1) is 4.22. The Kier molecular flexibility index (Phi) is 4.05. The molecular formula is C6H12O3. The van der Waals surface area contributed by atoms with Crippen LogP contribution in [0.1, 0.15) is 19.8 Å². The number of hydrogen-bond donors (Lipinski definition) is 2. The van der Waals surface area contributed by atoms with Crippen molar-refractivity contribution in [3.8, 4) is 0 Å². The summed E-state index contributed by atoms with van der Waals surface area (Å²) in [5.41, 5.74) is 0. The van der Waals surface area contributed by atoms with Gasteiger partial charge in [0.15, 0.2) is 0 Å². The third-order valence-electron chi connectivity index (χ3n) is 1.21. The Morgan fingerprint density at radius 2 is 2.22 bits per heavy atom. The van der Waals surface area contributed by atoms with E-state index in [4.69, 9.17) is 10.2 Å². The molecule has 0 aliphatic carbocycles. The van der Waals surface area contributed by atoms with Crippen LogP contribution in [0.2, 0.25) is 0 Å². The average Bonchev–Trinajstić information content (AvgIpc) is 1.82. The van der Waals surface area contributed by atoms with E-state index in [0.717, 1.165) is 6.42 Å². The van der Waals surface area contributed by atoms with Gasteiger partial charge in [0.1, 0.15) is 0 Å². The number of carboxylic acids is 1. The average molecular weight is 132 g/mol. The third kappa shape index (κ3) is 3.08. The summed E-state index contributed by atoms with van der Waals surface area (Å²) in [6.45, 7) is 1.65. The Balaban J connectivity index is 3.54. The normalized spacial score (nSPS) is 13.1. The fraction of sp³-hybridized carbons (Fsp3) is 0.833.